The van der Waals surface area contributed by atoms with E-state index in [1.807, 2.05) is 0 Å². The van der Waals surface area contributed by atoms with Gasteiger partial charge >= 0.3 is 6.01 Å². The number of alkyl halides is 1. The van der Waals surface area contributed by atoms with Gasteiger partial charge in [0.15, 0.2) is 11.0 Å². The third kappa shape index (κ3) is 3.15. The molecule has 0 saturated carbocycles. The Bertz CT molecular complexity index is 1060. The first-order chi connectivity index (χ1) is 15.4. The Balaban J connectivity index is 1.39. The molecule has 0 amide bonds. The van der Waals surface area contributed by atoms with Gasteiger partial charge in [-0.2, -0.15) is 9.97 Å². The molecule has 4 aliphatic rings. The van der Waals surface area contributed by atoms with Gasteiger partial charge in [-0.1, -0.05) is 11.6 Å². The van der Waals surface area contributed by atoms with Crippen molar-refractivity contribution in [3.05, 3.63) is 17.2 Å². The first kappa shape index (κ1) is 20.7. The highest BCUT2D eigenvalue weighted by Crippen LogP contribution is 2.43. The zero-order chi connectivity index (χ0) is 22.0. The molecule has 2 aromatic rings. The lowest BCUT2D eigenvalue weighted by Crippen LogP contribution is -2.48. The van der Waals surface area contributed by atoms with Crippen LogP contribution in [0.4, 0.5) is 14.6 Å². The van der Waals surface area contributed by atoms with Crippen molar-refractivity contribution >= 4 is 28.3 Å². The van der Waals surface area contributed by atoms with Crippen molar-refractivity contribution in [1.82, 2.24) is 19.9 Å². The SMILES string of the molecule is O[C@H]1CC[C@@H]2CC[C@H]1N2c1nc(OC[C@@]23CCCN2C[C@H](F)C3)nc2c(F)c(Cl)ncc12. The highest BCUT2D eigenvalue weighted by molar-refractivity contribution is 6.30. The average Bonchev–Trinajstić information content (AvgIpc) is 3.41. The van der Waals surface area contributed by atoms with E-state index < -0.39 is 18.1 Å². The lowest BCUT2D eigenvalue weighted by Gasteiger charge is -2.39. The van der Waals surface area contributed by atoms with Crippen molar-refractivity contribution in [3.8, 4) is 6.01 Å². The molecule has 0 spiro atoms. The topological polar surface area (TPSA) is 74.6 Å². The van der Waals surface area contributed by atoms with E-state index in [0.29, 0.717) is 24.2 Å². The summed E-state index contributed by atoms with van der Waals surface area (Å²) in [4.78, 5) is 17.2. The van der Waals surface area contributed by atoms with Gasteiger partial charge < -0.3 is 14.7 Å². The van der Waals surface area contributed by atoms with Crippen LogP contribution in [0.15, 0.2) is 6.20 Å². The molecule has 6 heterocycles. The molecule has 10 heteroatoms. The second-order valence-electron chi connectivity index (χ2n) is 9.67. The minimum Gasteiger partial charge on any atom is -0.461 e. The van der Waals surface area contributed by atoms with Gasteiger partial charge in [-0.3, -0.25) is 4.90 Å². The molecular formula is C22H26ClF2N5O2. The van der Waals surface area contributed by atoms with E-state index in [1.165, 1.54) is 6.20 Å². The van der Waals surface area contributed by atoms with E-state index in [9.17, 15) is 13.9 Å². The van der Waals surface area contributed by atoms with Crippen molar-refractivity contribution in [1.29, 1.82) is 0 Å². The first-order valence-corrected chi connectivity index (χ1v) is 11.8. The summed E-state index contributed by atoms with van der Waals surface area (Å²) < 4.78 is 35.1. The summed E-state index contributed by atoms with van der Waals surface area (Å²) in [7, 11) is 0. The van der Waals surface area contributed by atoms with E-state index in [2.05, 4.69) is 24.8 Å². The molecule has 7 nitrogen and oxygen atoms in total. The number of aliphatic hydroxyl groups excluding tert-OH is 1. The number of hydrogen-bond donors (Lipinski definition) is 1. The maximum absolute atomic E-state index is 15.0. The van der Waals surface area contributed by atoms with Crippen LogP contribution >= 0.6 is 11.6 Å². The van der Waals surface area contributed by atoms with Crippen LogP contribution in [0.1, 0.15) is 44.9 Å². The number of rotatable bonds is 4. The molecule has 1 N–H and O–H groups in total. The number of aliphatic hydroxyl groups is 1. The van der Waals surface area contributed by atoms with Crippen LogP contribution in [0.5, 0.6) is 6.01 Å². The normalized spacial score (nSPS) is 34.4. The summed E-state index contributed by atoms with van der Waals surface area (Å²) in [5.41, 5.74) is -0.299. The van der Waals surface area contributed by atoms with Crippen LogP contribution < -0.4 is 9.64 Å². The fraction of sp³-hybridized carbons (Fsp3) is 0.682. The standard InChI is InChI=1S/C22H26ClF2N5O2/c23-19-17(25)18-14(9-26-19)20(30-13-2-4-15(30)16(31)5-3-13)28-21(27-18)32-11-22-6-1-7-29(22)10-12(24)8-22/h9,12-13,15-16,31H,1-8,10-11H2/t12-,13+,15-,16+,22+/m1/s1. The predicted molar refractivity (Wildman–Crippen MR) is 115 cm³/mol. The third-order valence-corrected chi connectivity index (χ3v) is 8.13. The van der Waals surface area contributed by atoms with Gasteiger partial charge in [0.05, 0.1) is 23.1 Å². The van der Waals surface area contributed by atoms with E-state index in [4.69, 9.17) is 16.3 Å². The van der Waals surface area contributed by atoms with Crippen molar-refractivity contribution in [2.45, 2.75) is 74.8 Å². The molecule has 32 heavy (non-hydrogen) atoms. The number of halogens is 3. The number of piperidine rings is 1. The molecule has 0 radical (unpaired) electrons. The van der Waals surface area contributed by atoms with Crippen molar-refractivity contribution in [2.75, 3.05) is 24.6 Å². The van der Waals surface area contributed by atoms with E-state index in [1.54, 1.807) is 0 Å². The van der Waals surface area contributed by atoms with Gasteiger partial charge in [-0.25, -0.2) is 13.8 Å². The number of pyridine rings is 1. The molecule has 4 aliphatic heterocycles. The molecule has 5 atom stereocenters. The molecule has 0 unspecified atom stereocenters. The monoisotopic (exact) mass is 465 g/mol. The predicted octanol–water partition coefficient (Wildman–Crippen LogP) is 3.26. The molecule has 2 bridgehead atoms. The van der Waals surface area contributed by atoms with Crippen molar-refractivity contribution in [3.63, 3.8) is 0 Å². The maximum atomic E-state index is 15.0. The molecule has 2 aromatic heterocycles. The zero-order valence-electron chi connectivity index (χ0n) is 17.7. The van der Waals surface area contributed by atoms with Crippen LogP contribution in [0.2, 0.25) is 5.15 Å². The Kier molecular flexibility index (Phi) is 4.93. The summed E-state index contributed by atoms with van der Waals surface area (Å²) in [5.74, 6) is -0.192. The molecule has 4 saturated heterocycles. The number of fused-ring (bicyclic) bond motifs is 4. The summed E-state index contributed by atoms with van der Waals surface area (Å²) in [6.45, 7) is 1.55. The van der Waals surface area contributed by atoms with Crippen molar-refractivity contribution in [2.24, 2.45) is 0 Å². The Morgan fingerprint density at radius 2 is 2.09 bits per heavy atom. The van der Waals surface area contributed by atoms with E-state index in [0.717, 1.165) is 45.1 Å². The average molecular weight is 466 g/mol. The smallest absolute Gasteiger partial charge is 0.319 e. The maximum Gasteiger partial charge on any atom is 0.319 e. The fourth-order valence-electron chi connectivity index (χ4n) is 6.37. The van der Waals surface area contributed by atoms with Crippen LogP contribution in [0.25, 0.3) is 10.9 Å². The van der Waals surface area contributed by atoms with Crippen molar-refractivity contribution < 1.29 is 18.6 Å². The summed E-state index contributed by atoms with van der Waals surface area (Å²) in [5, 5.41) is 10.8. The summed E-state index contributed by atoms with van der Waals surface area (Å²) in [6.07, 6.45) is 5.86. The quantitative estimate of drug-likeness (QED) is 0.694. The van der Waals surface area contributed by atoms with E-state index >= 15 is 0 Å². The lowest BCUT2D eigenvalue weighted by molar-refractivity contribution is 0.107. The second-order valence-corrected chi connectivity index (χ2v) is 10.0. The number of aromatic nitrogens is 3. The summed E-state index contributed by atoms with van der Waals surface area (Å²) >= 11 is 5.95. The van der Waals surface area contributed by atoms with Gasteiger partial charge in [0.1, 0.15) is 24.1 Å². The molecule has 6 rings (SSSR count). The van der Waals surface area contributed by atoms with Crippen LogP contribution in [0, 0.1) is 5.82 Å². The van der Waals surface area contributed by atoms with Crippen LogP contribution in [-0.2, 0) is 0 Å². The minimum absolute atomic E-state index is 0.0525. The highest BCUT2D eigenvalue weighted by Gasteiger charge is 2.49. The molecule has 4 fully saturated rings. The Hall–Kier alpha value is -1.84. The van der Waals surface area contributed by atoms with Crippen LogP contribution in [0.3, 0.4) is 0 Å². The fourth-order valence-corrected chi connectivity index (χ4v) is 6.51. The largest absolute Gasteiger partial charge is 0.461 e. The van der Waals surface area contributed by atoms with E-state index in [-0.39, 0.29) is 40.9 Å². The summed E-state index contributed by atoms with van der Waals surface area (Å²) in [6, 6.07) is 0.195. The minimum atomic E-state index is -0.861. The second kappa shape index (κ2) is 7.60. The molecule has 0 aliphatic carbocycles. The first-order valence-electron chi connectivity index (χ1n) is 11.5. The van der Waals surface area contributed by atoms with Gasteiger partial charge in [0.25, 0.3) is 0 Å². The van der Waals surface area contributed by atoms with Gasteiger partial charge in [-0.05, 0) is 45.1 Å². The molecule has 172 valence electrons. The number of anilines is 1. The Morgan fingerprint density at radius 1 is 1.25 bits per heavy atom. The number of hydrogen-bond acceptors (Lipinski definition) is 7. The zero-order valence-corrected chi connectivity index (χ0v) is 18.4. The number of nitrogens with zero attached hydrogens (tertiary/aromatic N) is 5. The van der Waals surface area contributed by atoms with Gasteiger partial charge in [0.2, 0.25) is 0 Å². The molecular weight excluding hydrogens is 440 g/mol. The Labute approximate surface area is 189 Å². The highest BCUT2D eigenvalue weighted by atomic mass is 35.5. The lowest BCUT2D eigenvalue weighted by atomic mass is 9.95. The van der Waals surface area contributed by atoms with Gasteiger partial charge in [-0.15, -0.1) is 0 Å². The Morgan fingerprint density at radius 3 is 2.97 bits per heavy atom. The van der Waals surface area contributed by atoms with Crippen LogP contribution in [-0.4, -0.2) is 74.6 Å². The third-order valence-electron chi connectivity index (χ3n) is 7.86. The number of ether oxygens (including phenoxy) is 1. The van der Waals surface area contributed by atoms with Gasteiger partial charge in [0, 0.05) is 25.2 Å². The molecule has 0 aromatic carbocycles.